The minimum absolute atomic E-state index is 0.241. The highest BCUT2D eigenvalue weighted by Crippen LogP contribution is 2.48. The maximum absolute atomic E-state index is 13.4. The van der Waals surface area contributed by atoms with Gasteiger partial charge in [0.15, 0.2) is 10.1 Å². The fourth-order valence-corrected chi connectivity index (χ4v) is 5.49. The van der Waals surface area contributed by atoms with Crippen molar-refractivity contribution in [1.29, 1.82) is 0 Å². The first-order valence-corrected chi connectivity index (χ1v) is 15.4. The van der Waals surface area contributed by atoms with E-state index in [-0.39, 0.29) is 6.10 Å². The first-order valence-electron chi connectivity index (χ1n) is 14.0. The van der Waals surface area contributed by atoms with Crippen LogP contribution in [0, 0.1) is 23.7 Å². The average Bonchev–Trinajstić information content (AvgIpc) is 2.85. The van der Waals surface area contributed by atoms with Gasteiger partial charge < -0.3 is 14.0 Å². The van der Waals surface area contributed by atoms with Gasteiger partial charge in [0.2, 0.25) is 0 Å². The van der Waals surface area contributed by atoms with E-state index in [9.17, 15) is 48.1 Å². The number of hydrogen-bond donors (Lipinski definition) is 0. The fourth-order valence-electron chi connectivity index (χ4n) is 5.16. The molecule has 5 atom stereocenters. The predicted molar refractivity (Wildman–Crippen MR) is 134 cm³/mol. The van der Waals surface area contributed by atoms with Crippen LogP contribution in [-0.4, -0.2) is 61.3 Å². The quantitative estimate of drug-likeness (QED) is 0.124. The van der Waals surface area contributed by atoms with E-state index in [4.69, 9.17) is 9.47 Å². The van der Waals surface area contributed by atoms with Gasteiger partial charge in [0.25, 0.3) is 0 Å². The van der Waals surface area contributed by atoms with Crippen molar-refractivity contribution in [3.8, 4) is 0 Å². The van der Waals surface area contributed by atoms with E-state index >= 15 is 0 Å². The molecule has 2 fully saturated rings. The summed E-state index contributed by atoms with van der Waals surface area (Å²) in [6, 6.07) is 0. The molecule has 2 rings (SSSR count). The number of rotatable bonds is 12. The normalized spacial score (nSPS) is 27.5. The second kappa shape index (κ2) is 14.8. The second-order valence-electron chi connectivity index (χ2n) is 11.4. The van der Waals surface area contributed by atoms with Gasteiger partial charge in [-0.15, -0.1) is 0 Å². The van der Waals surface area contributed by atoms with Crippen molar-refractivity contribution >= 4 is 10.1 Å². The molecule has 0 bridgehead atoms. The largest absolute Gasteiger partial charge is 0.743 e. The highest BCUT2D eigenvalue weighted by atomic mass is 32.2. The van der Waals surface area contributed by atoms with Crippen LogP contribution in [0.1, 0.15) is 92.9 Å². The summed E-state index contributed by atoms with van der Waals surface area (Å²) in [5, 5.41) is -6.68. The zero-order valence-electron chi connectivity index (χ0n) is 24.3. The lowest BCUT2D eigenvalue weighted by Gasteiger charge is -2.45. The number of hydrogen-bond acceptors (Lipinski definition) is 6. The molecule has 0 spiro atoms. The Hall–Kier alpha value is -0.770. The predicted octanol–water partition coefficient (Wildman–Crippen LogP) is 7.82. The fraction of sp³-hybridized carbons (Fsp3) is 1.00. The summed E-state index contributed by atoms with van der Waals surface area (Å²) in [7, 11) is -7.17. The minimum atomic E-state index is -7.17. The van der Waals surface area contributed by atoms with Crippen molar-refractivity contribution in [3.05, 3.63) is 0 Å². The van der Waals surface area contributed by atoms with Gasteiger partial charge >= 0.3 is 23.4 Å². The summed E-state index contributed by atoms with van der Waals surface area (Å²) in [6.07, 6.45) is -9.52. The molecular weight excluding hydrogens is 592 g/mol. The van der Waals surface area contributed by atoms with Gasteiger partial charge in [-0.05, 0) is 49.4 Å². The Morgan fingerprint density at radius 1 is 0.878 bits per heavy atom. The Balaban J connectivity index is 0.000000502. The Labute approximate surface area is 237 Å². The molecule has 2 aliphatic rings. The maximum Gasteiger partial charge on any atom is 0.438 e. The van der Waals surface area contributed by atoms with Crippen molar-refractivity contribution < 1.29 is 62.3 Å². The molecule has 0 N–H and O–H groups in total. The van der Waals surface area contributed by atoms with Gasteiger partial charge in [-0.25, -0.2) is 13.2 Å². The molecule has 5 unspecified atom stereocenters. The van der Waals surface area contributed by atoms with E-state index in [0.29, 0.717) is 42.8 Å². The Bertz CT molecular complexity index is 894. The highest BCUT2D eigenvalue weighted by molar-refractivity contribution is 7.86. The number of ether oxygens (including phenoxy) is 3. The van der Waals surface area contributed by atoms with Crippen molar-refractivity contribution in [1.82, 2.24) is 0 Å². The van der Waals surface area contributed by atoms with Crippen LogP contribution in [0.4, 0.5) is 35.1 Å². The van der Waals surface area contributed by atoms with Gasteiger partial charge in [-0.1, -0.05) is 60.8 Å². The monoisotopic (exact) mass is 635 g/mol. The Morgan fingerprint density at radius 3 is 1.88 bits per heavy atom. The van der Waals surface area contributed by atoms with Crippen molar-refractivity contribution in [2.24, 2.45) is 23.7 Å². The first kappa shape index (κ1) is 38.3. The first-order chi connectivity index (χ1) is 18.5. The molecule has 0 radical (unpaired) electrons. The molecule has 0 aromatic rings. The molecule has 0 aromatic heterocycles. The lowest BCUT2D eigenvalue weighted by molar-refractivity contribution is -0.456. The summed E-state index contributed by atoms with van der Waals surface area (Å²) in [6.45, 7) is 13.5. The van der Waals surface area contributed by atoms with Gasteiger partial charge in [-0.2, -0.15) is 35.1 Å². The maximum atomic E-state index is 13.4. The van der Waals surface area contributed by atoms with Gasteiger partial charge in [0.05, 0.1) is 18.3 Å². The van der Waals surface area contributed by atoms with Crippen molar-refractivity contribution in [2.45, 2.75) is 135 Å². The SMILES string of the molecule is CCC1OC(C(C)C)C(C)C(C)C1C.O=S(=O)([O-])C(F)(F)C(F)(F)OC(F)(F)C(F)(F)CCCOC1CCCCC1. The summed E-state index contributed by atoms with van der Waals surface area (Å²) >= 11 is 0. The van der Waals surface area contributed by atoms with Crippen LogP contribution in [0.25, 0.3) is 0 Å². The molecule has 41 heavy (non-hydrogen) atoms. The lowest BCUT2D eigenvalue weighted by Crippen LogP contribution is -2.55. The molecule has 6 nitrogen and oxygen atoms in total. The van der Waals surface area contributed by atoms with Crippen LogP contribution in [0.5, 0.6) is 0 Å². The Kier molecular flexibility index (Phi) is 13.8. The third-order valence-corrected chi connectivity index (χ3v) is 8.90. The van der Waals surface area contributed by atoms with E-state index in [2.05, 4.69) is 46.3 Å². The molecule has 1 heterocycles. The standard InChI is InChI=1S/C13H18F8O5S.C13H26O/c14-10(15,7-4-8-25-9-5-2-1-3-6-9)11(16,17)26-12(18,19)13(20,21)27(22,23)24;1-7-12-10(5)9(4)11(6)13(14-12)8(2)3/h9H,1-8H2,(H,22,23,24);8-13H,7H2,1-6H3/p-1. The van der Waals surface area contributed by atoms with Crippen LogP contribution in [0.3, 0.4) is 0 Å². The second-order valence-corrected chi connectivity index (χ2v) is 12.8. The zero-order valence-corrected chi connectivity index (χ0v) is 25.1. The summed E-state index contributed by atoms with van der Waals surface area (Å²) in [5.41, 5.74) is 0. The number of halogens is 8. The zero-order chi connectivity index (χ0) is 32.0. The summed E-state index contributed by atoms with van der Waals surface area (Å²) in [5.74, 6) is -2.50. The molecule has 0 amide bonds. The minimum Gasteiger partial charge on any atom is -0.743 e. The molecule has 15 heteroatoms. The third-order valence-electron chi connectivity index (χ3n) is 8.03. The van der Waals surface area contributed by atoms with Gasteiger partial charge in [0.1, 0.15) is 0 Å². The lowest BCUT2D eigenvalue weighted by atomic mass is 9.73. The van der Waals surface area contributed by atoms with Crippen LogP contribution in [-0.2, 0) is 24.3 Å². The van der Waals surface area contributed by atoms with E-state index in [1.165, 1.54) is 0 Å². The smallest absolute Gasteiger partial charge is 0.438 e. The molecule has 1 saturated heterocycles. The van der Waals surface area contributed by atoms with Crippen LogP contribution in [0.15, 0.2) is 0 Å². The molecule has 246 valence electrons. The molecule has 1 aliphatic heterocycles. The van der Waals surface area contributed by atoms with Gasteiger partial charge in [0, 0.05) is 13.0 Å². The molecular formula is C26H43F8O6S-. The van der Waals surface area contributed by atoms with Crippen LogP contribution >= 0.6 is 0 Å². The van der Waals surface area contributed by atoms with E-state index in [0.717, 1.165) is 31.6 Å². The molecule has 0 aromatic carbocycles. The van der Waals surface area contributed by atoms with E-state index in [1.54, 1.807) is 0 Å². The highest BCUT2D eigenvalue weighted by Gasteiger charge is 2.71. The van der Waals surface area contributed by atoms with Crippen LogP contribution in [0.2, 0.25) is 0 Å². The number of alkyl halides is 8. The molecule has 1 aliphatic carbocycles. The van der Waals surface area contributed by atoms with Crippen molar-refractivity contribution in [2.75, 3.05) is 6.61 Å². The Morgan fingerprint density at radius 2 is 1.41 bits per heavy atom. The topological polar surface area (TPSA) is 84.9 Å². The van der Waals surface area contributed by atoms with Crippen LogP contribution < -0.4 is 0 Å². The van der Waals surface area contributed by atoms with E-state index in [1.807, 2.05) is 0 Å². The van der Waals surface area contributed by atoms with Crippen molar-refractivity contribution in [3.63, 3.8) is 0 Å². The molecule has 1 saturated carbocycles. The van der Waals surface area contributed by atoms with E-state index < -0.39 is 53.0 Å². The average molecular weight is 636 g/mol. The summed E-state index contributed by atoms with van der Waals surface area (Å²) < 4.78 is 149. The van der Waals surface area contributed by atoms with Gasteiger partial charge in [-0.3, -0.25) is 0 Å². The summed E-state index contributed by atoms with van der Waals surface area (Å²) in [4.78, 5) is 0. The third kappa shape index (κ3) is 9.87.